The van der Waals surface area contributed by atoms with Crippen molar-refractivity contribution in [1.29, 1.82) is 0 Å². The third kappa shape index (κ3) is 3.93. The average molecular weight is 341 g/mol. The Kier molecular flexibility index (Phi) is 4.95. The molecule has 0 radical (unpaired) electrons. The second-order valence-electron chi connectivity index (χ2n) is 7.43. The molecule has 2 N–H and O–H groups in total. The highest BCUT2D eigenvalue weighted by molar-refractivity contribution is 5.80. The number of aromatic amines is 1. The van der Waals surface area contributed by atoms with Crippen LogP contribution in [-0.4, -0.2) is 45.3 Å². The first kappa shape index (κ1) is 17.7. The Morgan fingerprint density at radius 2 is 1.88 bits per heavy atom. The van der Waals surface area contributed by atoms with Crippen molar-refractivity contribution in [2.24, 2.45) is 5.92 Å². The monoisotopic (exact) mass is 341 g/mol. The summed E-state index contributed by atoms with van der Waals surface area (Å²) in [6.07, 6.45) is 0.609. The van der Waals surface area contributed by atoms with E-state index in [2.05, 4.69) is 43.1 Å². The zero-order valence-corrected chi connectivity index (χ0v) is 15.5. The summed E-state index contributed by atoms with van der Waals surface area (Å²) in [6.45, 7) is 9.16. The Balaban J connectivity index is 1.66. The van der Waals surface area contributed by atoms with Crippen molar-refractivity contribution in [2.75, 3.05) is 13.1 Å². The molecule has 1 aliphatic rings. The Bertz CT molecular complexity index is 758. The molecule has 2 heterocycles. The van der Waals surface area contributed by atoms with Crippen LogP contribution < -0.4 is 0 Å². The van der Waals surface area contributed by atoms with Gasteiger partial charge in [0, 0.05) is 24.7 Å². The number of aromatic nitrogens is 2. The Morgan fingerprint density at radius 1 is 1.20 bits per heavy atom. The molecule has 0 saturated carbocycles. The van der Waals surface area contributed by atoms with Crippen molar-refractivity contribution in [3.8, 4) is 0 Å². The smallest absolute Gasteiger partial charge is 0.227 e. The van der Waals surface area contributed by atoms with Gasteiger partial charge in [0.25, 0.3) is 0 Å². The molecular weight excluding hydrogens is 314 g/mol. The summed E-state index contributed by atoms with van der Waals surface area (Å²) in [7, 11) is 0. The minimum absolute atomic E-state index is 0.0480. The number of amides is 1. The Morgan fingerprint density at radius 3 is 2.48 bits per heavy atom. The molecular formula is C20H27N3O2. The summed E-state index contributed by atoms with van der Waals surface area (Å²) in [6, 6.07) is 6.24. The largest absolute Gasteiger partial charge is 0.391 e. The van der Waals surface area contributed by atoms with Gasteiger partial charge in [0.1, 0.15) is 0 Å². The van der Waals surface area contributed by atoms with Gasteiger partial charge in [-0.15, -0.1) is 0 Å². The van der Waals surface area contributed by atoms with Gasteiger partial charge >= 0.3 is 0 Å². The van der Waals surface area contributed by atoms with Gasteiger partial charge in [0.05, 0.1) is 18.2 Å². The number of carbonyl (C=O) groups excluding carboxylic acids is 1. The number of likely N-dealkylation sites (tertiary alicyclic amines) is 1. The molecule has 25 heavy (non-hydrogen) atoms. The summed E-state index contributed by atoms with van der Waals surface area (Å²) < 4.78 is 0. The van der Waals surface area contributed by atoms with Gasteiger partial charge in [-0.2, -0.15) is 5.10 Å². The molecule has 0 bridgehead atoms. The number of nitrogens with one attached hydrogen (secondary N) is 1. The number of hydrogen-bond acceptors (Lipinski definition) is 3. The summed E-state index contributed by atoms with van der Waals surface area (Å²) in [5, 5.41) is 17.5. The molecule has 1 fully saturated rings. The van der Waals surface area contributed by atoms with Gasteiger partial charge in [0.15, 0.2) is 0 Å². The third-order valence-electron chi connectivity index (χ3n) is 5.16. The highest BCUT2D eigenvalue weighted by Gasteiger charge is 2.34. The van der Waals surface area contributed by atoms with E-state index >= 15 is 0 Å². The lowest BCUT2D eigenvalue weighted by Gasteiger charge is -2.18. The molecule has 1 aliphatic heterocycles. The summed E-state index contributed by atoms with van der Waals surface area (Å²) in [5.41, 5.74) is 6.61. The number of H-pyrrole nitrogens is 1. The first-order chi connectivity index (χ1) is 11.8. The van der Waals surface area contributed by atoms with Crippen molar-refractivity contribution in [2.45, 2.75) is 46.6 Å². The van der Waals surface area contributed by atoms with E-state index in [0.717, 1.165) is 28.1 Å². The SMILES string of the molecule is Cc1cc(C)c(CC(=O)N2C[C@@H](Cc3cc(C)[nH]n3)[C@H](O)C2)c(C)c1. The molecule has 0 spiro atoms. The van der Waals surface area contributed by atoms with Crippen LogP contribution in [0.5, 0.6) is 0 Å². The molecule has 5 heteroatoms. The van der Waals surface area contributed by atoms with Crippen molar-refractivity contribution in [3.05, 3.63) is 51.8 Å². The molecule has 134 valence electrons. The Hall–Kier alpha value is -2.14. The fraction of sp³-hybridized carbons (Fsp3) is 0.500. The molecule has 1 amide bonds. The lowest BCUT2D eigenvalue weighted by atomic mass is 9.97. The van der Waals surface area contributed by atoms with Crippen LogP contribution in [0.3, 0.4) is 0 Å². The van der Waals surface area contributed by atoms with Crippen molar-refractivity contribution >= 4 is 5.91 Å². The van der Waals surface area contributed by atoms with E-state index in [4.69, 9.17) is 0 Å². The van der Waals surface area contributed by atoms with Gasteiger partial charge in [-0.3, -0.25) is 9.89 Å². The van der Waals surface area contributed by atoms with E-state index in [1.807, 2.05) is 13.0 Å². The maximum absolute atomic E-state index is 12.7. The Labute approximate surface area is 149 Å². The predicted octanol–water partition coefficient (Wildman–Crippen LogP) is 2.25. The molecule has 2 aromatic rings. The summed E-state index contributed by atoms with van der Waals surface area (Å²) >= 11 is 0. The van der Waals surface area contributed by atoms with Crippen LogP contribution in [0.15, 0.2) is 18.2 Å². The lowest BCUT2D eigenvalue weighted by Crippen LogP contribution is -2.31. The maximum atomic E-state index is 12.7. The molecule has 2 atom stereocenters. The van der Waals surface area contributed by atoms with Gasteiger partial charge in [-0.05, 0) is 56.9 Å². The number of rotatable bonds is 4. The molecule has 0 aliphatic carbocycles. The summed E-state index contributed by atoms with van der Waals surface area (Å²) in [4.78, 5) is 14.5. The standard InChI is InChI=1S/C20H27N3O2/c1-12-5-13(2)18(14(3)6-12)9-20(25)23-10-16(19(24)11-23)8-17-7-15(4)21-22-17/h5-7,16,19,24H,8-11H2,1-4H3,(H,21,22)/t16-,19-/m1/s1. The summed E-state index contributed by atoms with van der Waals surface area (Å²) in [5.74, 6) is 0.140. The minimum atomic E-state index is -0.485. The third-order valence-corrected chi connectivity index (χ3v) is 5.16. The van der Waals surface area contributed by atoms with Crippen LogP contribution in [0.1, 0.15) is 33.6 Å². The molecule has 5 nitrogen and oxygen atoms in total. The van der Waals surface area contributed by atoms with E-state index in [0.29, 0.717) is 25.9 Å². The second kappa shape index (κ2) is 7.00. The van der Waals surface area contributed by atoms with Crippen LogP contribution in [0, 0.1) is 33.6 Å². The lowest BCUT2D eigenvalue weighted by molar-refractivity contribution is -0.129. The number of aliphatic hydroxyl groups excluding tert-OH is 1. The first-order valence-corrected chi connectivity index (χ1v) is 8.87. The molecule has 1 aromatic heterocycles. The van der Waals surface area contributed by atoms with E-state index in [-0.39, 0.29) is 11.8 Å². The van der Waals surface area contributed by atoms with Gasteiger partial charge in [-0.25, -0.2) is 0 Å². The molecule has 1 saturated heterocycles. The molecule has 3 rings (SSSR count). The number of benzene rings is 1. The van der Waals surface area contributed by atoms with Gasteiger partial charge < -0.3 is 10.0 Å². The van der Waals surface area contributed by atoms with Gasteiger partial charge in [-0.1, -0.05) is 17.7 Å². The highest BCUT2D eigenvalue weighted by Crippen LogP contribution is 2.23. The van der Waals surface area contributed by atoms with Crippen molar-refractivity contribution < 1.29 is 9.90 Å². The van der Waals surface area contributed by atoms with Crippen LogP contribution in [0.2, 0.25) is 0 Å². The number of aliphatic hydroxyl groups is 1. The quantitative estimate of drug-likeness (QED) is 0.896. The van der Waals surface area contributed by atoms with E-state index in [1.54, 1.807) is 4.90 Å². The maximum Gasteiger partial charge on any atom is 0.227 e. The van der Waals surface area contributed by atoms with Crippen LogP contribution in [0.25, 0.3) is 0 Å². The fourth-order valence-corrected chi connectivity index (χ4v) is 3.86. The van der Waals surface area contributed by atoms with E-state index in [1.165, 1.54) is 5.56 Å². The first-order valence-electron chi connectivity index (χ1n) is 8.87. The normalized spacial score (nSPS) is 20.3. The molecule has 0 unspecified atom stereocenters. The van der Waals surface area contributed by atoms with Crippen molar-refractivity contribution in [1.82, 2.24) is 15.1 Å². The topological polar surface area (TPSA) is 69.2 Å². The highest BCUT2D eigenvalue weighted by atomic mass is 16.3. The predicted molar refractivity (Wildman–Crippen MR) is 97.5 cm³/mol. The minimum Gasteiger partial charge on any atom is -0.391 e. The number of nitrogens with zero attached hydrogens (tertiary/aromatic N) is 2. The zero-order valence-electron chi connectivity index (χ0n) is 15.5. The van der Waals surface area contributed by atoms with Crippen LogP contribution >= 0.6 is 0 Å². The van der Waals surface area contributed by atoms with Gasteiger partial charge in [0.2, 0.25) is 5.91 Å². The fourth-order valence-electron chi connectivity index (χ4n) is 3.86. The van der Waals surface area contributed by atoms with Crippen LogP contribution in [-0.2, 0) is 17.6 Å². The van der Waals surface area contributed by atoms with E-state index in [9.17, 15) is 9.90 Å². The van der Waals surface area contributed by atoms with Crippen LogP contribution in [0.4, 0.5) is 0 Å². The average Bonchev–Trinajstić information content (AvgIpc) is 3.09. The zero-order chi connectivity index (χ0) is 18.1. The number of carbonyl (C=O) groups is 1. The molecule has 1 aromatic carbocycles. The van der Waals surface area contributed by atoms with Crippen molar-refractivity contribution in [3.63, 3.8) is 0 Å². The number of β-amino-alcohol motifs (C(OH)–C–C–N with tert-alkyl or cyclic N) is 1. The second-order valence-corrected chi connectivity index (χ2v) is 7.43. The number of hydrogen-bond donors (Lipinski definition) is 2. The van der Waals surface area contributed by atoms with E-state index < -0.39 is 6.10 Å². The number of aryl methyl sites for hydroxylation is 4.